The minimum Gasteiger partial charge on any atom is -0.459 e. The number of rotatable bonds is 13. The highest BCUT2D eigenvalue weighted by atomic mass is 16.7. The topological polar surface area (TPSA) is 163 Å². The van der Waals surface area contributed by atoms with Crippen molar-refractivity contribution in [2.45, 2.75) is 38.9 Å². The second-order valence-electron chi connectivity index (χ2n) is 9.84. The van der Waals surface area contributed by atoms with Crippen molar-refractivity contribution in [1.82, 2.24) is 19.7 Å². The van der Waals surface area contributed by atoms with Crippen LogP contribution in [0.2, 0.25) is 0 Å². The minimum atomic E-state index is -0.802. The van der Waals surface area contributed by atoms with Crippen LogP contribution in [0.5, 0.6) is 0 Å². The molecule has 0 saturated carbocycles. The summed E-state index contributed by atoms with van der Waals surface area (Å²) in [6, 6.07) is 12.2. The molecule has 42 heavy (non-hydrogen) atoms. The number of pyridine rings is 1. The maximum atomic E-state index is 13.9. The molecule has 1 aliphatic heterocycles. The van der Waals surface area contributed by atoms with E-state index in [1.165, 1.54) is 12.1 Å². The number of amides is 1. The zero-order valence-electron chi connectivity index (χ0n) is 23.9. The Hall–Kier alpha value is -4.49. The zero-order chi connectivity index (χ0) is 30.2. The molecule has 3 atom stereocenters. The first-order valence-corrected chi connectivity index (χ1v) is 13.8. The van der Waals surface area contributed by atoms with Gasteiger partial charge >= 0.3 is 0 Å². The summed E-state index contributed by atoms with van der Waals surface area (Å²) in [6.07, 6.45) is 3.02. The first-order chi connectivity index (χ1) is 20.3. The molecule has 0 aliphatic carbocycles. The third-order valence-electron chi connectivity index (χ3n) is 7.24. The molecule has 0 spiro atoms. The van der Waals surface area contributed by atoms with Gasteiger partial charge in [-0.15, -0.1) is 0 Å². The number of para-hydroxylation sites is 1. The summed E-state index contributed by atoms with van der Waals surface area (Å²) in [5.41, 5.74) is 1.68. The Morgan fingerprint density at radius 2 is 1.98 bits per heavy atom. The van der Waals surface area contributed by atoms with Crippen LogP contribution < -0.4 is 16.2 Å². The summed E-state index contributed by atoms with van der Waals surface area (Å²) in [6.45, 7) is 4.51. The van der Waals surface area contributed by atoms with Crippen LogP contribution in [0.15, 0.2) is 65.3 Å². The van der Waals surface area contributed by atoms with Gasteiger partial charge in [-0.3, -0.25) is 24.4 Å². The number of hydrogen-bond donors (Lipinski definition) is 3. The second-order valence-corrected chi connectivity index (χ2v) is 9.84. The van der Waals surface area contributed by atoms with Crippen LogP contribution >= 0.6 is 0 Å². The smallest absolute Gasteiger partial charge is 0.287 e. The third-order valence-corrected chi connectivity index (χ3v) is 7.24. The predicted molar refractivity (Wildman–Crippen MR) is 155 cm³/mol. The van der Waals surface area contributed by atoms with Gasteiger partial charge in [-0.1, -0.05) is 18.2 Å². The molecular formula is C29H36N6O7. The van der Waals surface area contributed by atoms with E-state index in [9.17, 15) is 24.8 Å². The summed E-state index contributed by atoms with van der Waals surface area (Å²) in [5.74, 6) is -0.822. The van der Waals surface area contributed by atoms with Gasteiger partial charge in [0, 0.05) is 62.5 Å². The highest BCUT2D eigenvalue weighted by molar-refractivity contribution is 5.91. The summed E-state index contributed by atoms with van der Waals surface area (Å²) < 4.78 is 15.4. The van der Waals surface area contributed by atoms with Crippen LogP contribution in [0.3, 0.4) is 0 Å². The molecule has 0 saturated heterocycles. The molecule has 1 aliphatic rings. The predicted octanol–water partition coefficient (Wildman–Crippen LogP) is 2.76. The lowest BCUT2D eigenvalue weighted by atomic mass is 9.80. The number of anilines is 1. The molecule has 2 aromatic heterocycles. The number of aliphatic hydroxyl groups excluding tert-OH is 1. The van der Waals surface area contributed by atoms with Crippen molar-refractivity contribution >= 4 is 17.4 Å². The van der Waals surface area contributed by atoms with Crippen LogP contribution in [-0.2, 0) is 21.3 Å². The molecule has 0 bridgehead atoms. The van der Waals surface area contributed by atoms with Crippen LogP contribution in [0.4, 0.5) is 11.5 Å². The number of benzene rings is 1. The van der Waals surface area contributed by atoms with E-state index in [0.29, 0.717) is 37.4 Å². The minimum absolute atomic E-state index is 0.0300. The molecule has 0 fully saturated rings. The van der Waals surface area contributed by atoms with Crippen LogP contribution in [0.1, 0.15) is 36.9 Å². The van der Waals surface area contributed by atoms with E-state index < -0.39 is 23.0 Å². The van der Waals surface area contributed by atoms with Crippen LogP contribution in [0, 0.1) is 23.0 Å². The van der Waals surface area contributed by atoms with Crippen molar-refractivity contribution in [3.8, 4) is 5.69 Å². The molecule has 13 heteroatoms. The van der Waals surface area contributed by atoms with Crippen molar-refractivity contribution in [3.05, 3.63) is 92.2 Å². The van der Waals surface area contributed by atoms with Gasteiger partial charge in [0.2, 0.25) is 6.29 Å². The van der Waals surface area contributed by atoms with E-state index in [1.54, 1.807) is 15.4 Å². The first-order valence-electron chi connectivity index (χ1n) is 13.8. The number of nitro groups is 1. The summed E-state index contributed by atoms with van der Waals surface area (Å²) in [7, 11) is 1.82. The number of carbonyl (C=O) groups is 1. The molecular weight excluding hydrogens is 544 g/mol. The van der Waals surface area contributed by atoms with E-state index in [1.807, 2.05) is 51.2 Å². The van der Waals surface area contributed by atoms with Crippen molar-refractivity contribution in [2.24, 2.45) is 13.0 Å². The van der Waals surface area contributed by atoms with E-state index in [-0.39, 0.29) is 36.1 Å². The maximum Gasteiger partial charge on any atom is 0.287 e. The average molecular weight is 581 g/mol. The Balaban J connectivity index is 1.59. The van der Waals surface area contributed by atoms with Gasteiger partial charge in [-0.2, -0.15) is 0 Å². The standard InChI is InChI=1S/C29H36N6O7/c1-4-41-29-22(11-8-16-36)23(26-19(2)33(3)34(28(26)38)20-9-6-5-7-10-20)17-24(42-29)27(37)31-15-14-30-25-13-12-21(18-32-25)35(39)40/h5-7,9-10,12-13,17-18,22-23,29,36H,4,8,11,14-16H2,1-3H3,(H,30,32)(H,31,37). The Bertz CT molecular complexity index is 1470. The molecule has 1 aromatic carbocycles. The summed E-state index contributed by atoms with van der Waals surface area (Å²) in [4.78, 5) is 41.4. The highest BCUT2D eigenvalue weighted by Gasteiger charge is 2.40. The molecule has 224 valence electrons. The van der Waals surface area contributed by atoms with Crippen molar-refractivity contribution in [1.29, 1.82) is 0 Å². The fraction of sp³-hybridized carbons (Fsp3) is 0.414. The quantitative estimate of drug-likeness (QED) is 0.157. The fourth-order valence-electron chi connectivity index (χ4n) is 5.12. The molecule has 3 unspecified atom stereocenters. The lowest BCUT2D eigenvalue weighted by Crippen LogP contribution is -2.41. The van der Waals surface area contributed by atoms with Gasteiger partial charge in [-0.25, -0.2) is 9.67 Å². The van der Waals surface area contributed by atoms with E-state index in [0.717, 1.165) is 17.6 Å². The number of nitrogens with zero attached hydrogens (tertiary/aromatic N) is 4. The Labute approximate surface area is 242 Å². The number of aromatic nitrogens is 3. The van der Waals surface area contributed by atoms with Gasteiger partial charge < -0.3 is 25.2 Å². The van der Waals surface area contributed by atoms with Gasteiger partial charge in [0.1, 0.15) is 12.0 Å². The number of aliphatic hydroxyl groups is 1. The Kier molecular flexibility index (Phi) is 10.1. The van der Waals surface area contributed by atoms with E-state index in [4.69, 9.17) is 9.47 Å². The van der Waals surface area contributed by atoms with E-state index >= 15 is 0 Å². The zero-order valence-corrected chi connectivity index (χ0v) is 23.9. The number of nitrogens with one attached hydrogen (secondary N) is 2. The number of carbonyl (C=O) groups excluding carboxylic acids is 1. The molecule has 13 nitrogen and oxygen atoms in total. The second kappa shape index (κ2) is 13.9. The monoisotopic (exact) mass is 580 g/mol. The van der Waals surface area contributed by atoms with Crippen LogP contribution in [-0.4, -0.2) is 62.9 Å². The Morgan fingerprint density at radius 3 is 2.62 bits per heavy atom. The largest absolute Gasteiger partial charge is 0.459 e. The summed E-state index contributed by atoms with van der Waals surface area (Å²) >= 11 is 0. The third kappa shape index (κ3) is 6.69. The summed E-state index contributed by atoms with van der Waals surface area (Å²) in [5, 5.41) is 26.2. The molecule has 3 N–H and O–H groups in total. The maximum absolute atomic E-state index is 13.9. The molecule has 3 heterocycles. The van der Waals surface area contributed by atoms with Crippen molar-refractivity contribution in [3.63, 3.8) is 0 Å². The lowest BCUT2D eigenvalue weighted by molar-refractivity contribution is -0.385. The van der Waals surface area contributed by atoms with Crippen molar-refractivity contribution in [2.75, 3.05) is 31.6 Å². The normalized spacial score (nSPS) is 18.2. The van der Waals surface area contributed by atoms with Crippen LogP contribution in [0.25, 0.3) is 5.69 Å². The van der Waals surface area contributed by atoms with E-state index in [2.05, 4.69) is 15.6 Å². The molecule has 1 amide bonds. The molecule has 4 rings (SSSR count). The number of hydrogen-bond acceptors (Lipinski definition) is 9. The SMILES string of the molecule is CCOC1OC(C(=O)NCCNc2ccc([N+](=O)[O-])cn2)=CC(c2c(C)n(C)n(-c3ccccc3)c2=O)C1CCCO. The molecule has 0 radical (unpaired) electrons. The van der Waals surface area contributed by atoms with Gasteiger partial charge in [0.05, 0.1) is 10.6 Å². The fourth-order valence-corrected chi connectivity index (χ4v) is 5.12. The number of ether oxygens (including phenoxy) is 2. The Morgan fingerprint density at radius 1 is 1.21 bits per heavy atom. The van der Waals surface area contributed by atoms with Crippen molar-refractivity contribution < 1.29 is 24.3 Å². The lowest BCUT2D eigenvalue weighted by Gasteiger charge is -2.36. The van der Waals surface area contributed by atoms with Gasteiger partial charge in [0.15, 0.2) is 5.76 Å². The first kappa shape index (κ1) is 30.5. The van der Waals surface area contributed by atoms with Gasteiger partial charge in [-0.05, 0) is 51.0 Å². The number of allylic oxidation sites excluding steroid dienone is 1. The molecule has 3 aromatic rings. The van der Waals surface area contributed by atoms with Gasteiger partial charge in [0.25, 0.3) is 17.2 Å². The average Bonchev–Trinajstić information content (AvgIpc) is 3.21. The highest BCUT2D eigenvalue weighted by Crippen LogP contribution is 2.39.